The van der Waals surface area contributed by atoms with E-state index in [0.717, 1.165) is 13.0 Å². The zero-order valence-corrected chi connectivity index (χ0v) is 11.5. The van der Waals surface area contributed by atoms with Crippen LogP contribution >= 0.6 is 0 Å². The Bertz CT molecular complexity index is 553. The third-order valence-electron chi connectivity index (χ3n) is 2.30. The van der Waals surface area contributed by atoms with Gasteiger partial charge >= 0.3 is 6.01 Å². The summed E-state index contributed by atoms with van der Waals surface area (Å²) < 4.78 is 6.91. The lowest BCUT2D eigenvalue weighted by atomic mass is 10.5. The number of anilines is 1. The zero-order chi connectivity index (χ0) is 14.2. The highest BCUT2D eigenvalue weighted by atomic mass is 16.5. The Morgan fingerprint density at radius 2 is 2.25 bits per heavy atom. The van der Waals surface area contributed by atoms with Crippen LogP contribution in [0.1, 0.15) is 20.3 Å². The summed E-state index contributed by atoms with van der Waals surface area (Å²) >= 11 is 0. The van der Waals surface area contributed by atoms with Crippen molar-refractivity contribution in [3.05, 3.63) is 24.8 Å². The topological polar surface area (TPSA) is 90.6 Å². The van der Waals surface area contributed by atoms with Gasteiger partial charge in [0.15, 0.2) is 0 Å². The molecule has 0 atom stereocenters. The maximum Gasteiger partial charge on any atom is 0.323 e. The largest absolute Gasteiger partial charge is 0.459 e. The van der Waals surface area contributed by atoms with E-state index in [9.17, 15) is 0 Å². The van der Waals surface area contributed by atoms with Gasteiger partial charge in [-0.05, 0) is 13.3 Å². The van der Waals surface area contributed by atoms with E-state index in [0.29, 0.717) is 18.5 Å². The average Bonchev–Trinajstić information content (AvgIpc) is 2.99. The van der Waals surface area contributed by atoms with Gasteiger partial charge in [-0.15, -0.1) is 0 Å². The van der Waals surface area contributed by atoms with E-state index in [2.05, 4.69) is 37.3 Å². The number of rotatable bonds is 7. The van der Waals surface area contributed by atoms with Gasteiger partial charge in [0.1, 0.15) is 19.3 Å². The monoisotopic (exact) mass is 275 g/mol. The summed E-state index contributed by atoms with van der Waals surface area (Å²) in [6, 6.07) is 0.252. The molecule has 8 nitrogen and oxygen atoms in total. The van der Waals surface area contributed by atoms with Crippen molar-refractivity contribution in [3.63, 3.8) is 0 Å². The Labute approximate surface area is 117 Å². The standard InChI is InChI=1S/C12H17N7O/c1-3-5-7-20-12-17-10(14-6-4-2)16-11(18-12)19-9-13-8-15-19/h3,5,8-9H,4,6-7H2,1-2H3,(H,14,16,17,18)/b5-3+. The minimum atomic E-state index is 0.252. The van der Waals surface area contributed by atoms with Crippen LogP contribution in [0.25, 0.3) is 5.95 Å². The molecule has 2 rings (SSSR count). The number of hydrogen-bond acceptors (Lipinski definition) is 7. The number of ether oxygens (including phenoxy) is 1. The van der Waals surface area contributed by atoms with Crippen molar-refractivity contribution in [2.75, 3.05) is 18.5 Å². The van der Waals surface area contributed by atoms with Crippen LogP contribution in [0.4, 0.5) is 5.95 Å². The second-order valence-corrected chi connectivity index (χ2v) is 3.89. The van der Waals surface area contributed by atoms with Crippen LogP contribution < -0.4 is 10.1 Å². The first-order valence-electron chi connectivity index (χ1n) is 6.42. The Balaban J connectivity index is 2.23. The van der Waals surface area contributed by atoms with Crippen LogP contribution in [0.15, 0.2) is 24.8 Å². The Hall–Kier alpha value is -2.51. The van der Waals surface area contributed by atoms with Crippen LogP contribution in [0, 0.1) is 0 Å². The van der Waals surface area contributed by atoms with Crippen molar-refractivity contribution in [2.45, 2.75) is 20.3 Å². The SMILES string of the molecule is C/C=C/COc1nc(NCCC)nc(-n2cncn2)n1. The van der Waals surface area contributed by atoms with E-state index in [4.69, 9.17) is 4.74 Å². The third-order valence-corrected chi connectivity index (χ3v) is 2.30. The first-order chi connectivity index (χ1) is 9.83. The van der Waals surface area contributed by atoms with E-state index in [1.54, 1.807) is 0 Å². The van der Waals surface area contributed by atoms with E-state index in [1.807, 2.05) is 19.1 Å². The fraction of sp³-hybridized carbons (Fsp3) is 0.417. The molecule has 2 heterocycles. The van der Waals surface area contributed by atoms with Crippen LogP contribution in [-0.4, -0.2) is 42.9 Å². The predicted molar refractivity (Wildman–Crippen MR) is 73.8 cm³/mol. The normalized spacial score (nSPS) is 10.9. The van der Waals surface area contributed by atoms with Gasteiger partial charge in [-0.1, -0.05) is 19.1 Å². The quantitative estimate of drug-likeness (QED) is 0.760. The lowest BCUT2D eigenvalue weighted by Gasteiger charge is -2.07. The summed E-state index contributed by atoms with van der Waals surface area (Å²) in [4.78, 5) is 16.5. The number of aromatic nitrogens is 6. The molecule has 2 aromatic heterocycles. The Morgan fingerprint density at radius 3 is 2.95 bits per heavy atom. The maximum atomic E-state index is 5.46. The molecule has 0 spiro atoms. The van der Waals surface area contributed by atoms with Crippen molar-refractivity contribution < 1.29 is 4.74 Å². The van der Waals surface area contributed by atoms with E-state index < -0.39 is 0 Å². The Kier molecular flexibility index (Phi) is 4.99. The average molecular weight is 275 g/mol. The molecule has 0 radical (unpaired) electrons. The van der Waals surface area contributed by atoms with Gasteiger partial charge < -0.3 is 10.1 Å². The summed E-state index contributed by atoms with van der Waals surface area (Å²) in [5.74, 6) is 0.828. The molecule has 0 unspecified atom stereocenters. The third kappa shape index (κ3) is 3.74. The molecule has 106 valence electrons. The van der Waals surface area contributed by atoms with Gasteiger partial charge in [0.2, 0.25) is 5.95 Å². The van der Waals surface area contributed by atoms with Crippen molar-refractivity contribution in [3.8, 4) is 12.0 Å². The number of hydrogen-bond donors (Lipinski definition) is 1. The molecule has 0 saturated heterocycles. The van der Waals surface area contributed by atoms with E-state index in [-0.39, 0.29) is 6.01 Å². The van der Waals surface area contributed by atoms with Crippen molar-refractivity contribution >= 4 is 5.95 Å². The molecular formula is C12H17N7O. The van der Waals surface area contributed by atoms with Crippen molar-refractivity contribution in [2.24, 2.45) is 0 Å². The van der Waals surface area contributed by atoms with Gasteiger partial charge in [-0.25, -0.2) is 4.98 Å². The minimum absolute atomic E-state index is 0.252. The van der Waals surface area contributed by atoms with Crippen molar-refractivity contribution in [1.29, 1.82) is 0 Å². The highest BCUT2D eigenvalue weighted by molar-refractivity contribution is 5.29. The summed E-state index contributed by atoms with van der Waals surface area (Å²) in [5.41, 5.74) is 0. The highest BCUT2D eigenvalue weighted by Crippen LogP contribution is 2.10. The van der Waals surface area contributed by atoms with Crippen LogP contribution in [0.3, 0.4) is 0 Å². The predicted octanol–water partition coefficient (Wildman–Crippen LogP) is 1.23. The molecule has 20 heavy (non-hydrogen) atoms. The first-order valence-corrected chi connectivity index (χ1v) is 6.42. The summed E-state index contributed by atoms with van der Waals surface area (Å²) in [7, 11) is 0. The smallest absolute Gasteiger partial charge is 0.323 e. The lowest BCUT2D eigenvalue weighted by Crippen LogP contribution is -2.11. The van der Waals surface area contributed by atoms with E-state index in [1.165, 1.54) is 17.3 Å². The number of allylic oxidation sites excluding steroid dienone is 1. The second kappa shape index (κ2) is 7.17. The second-order valence-electron chi connectivity index (χ2n) is 3.89. The molecular weight excluding hydrogens is 258 g/mol. The van der Waals surface area contributed by atoms with Gasteiger partial charge in [-0.3, -0.25) is 0 Å². The molecule has 2 aromatic rings. The molecule has 0 aliphatic heterocycles. The summed E-state index contributed by atoms with van der Waals surface area (Å²) in [5, 5.41) is 7.11. The highest BCUT2D eigenvalue weighted by Gasteiger charge is 2.09. The van der Waals surface area contributed by atoms with Crippen LogP contribution in [-0.2, 0) is 0 Å². The number of nitrogens with zero attached hydrogens (tertiary/aromatic N) is 6. The molecule has 0 fully saturated rings. The molecule has 0 saturated carbocycles. The number of nitrogens with one attached hydrogen (secondary N) is 1. The molecule has 0 aromatic carbocycles. The molecule has 0 aliphatic rings. The first kappa shape index (κ1) is 13.9. The molecule has 0 aliphatic carbocycles. The fourth-order valence-electron chi connectivity index (χ4n) is 1.36. The van der Waals surface area contributed by atoms with Gasteiger partial charge in [0.05, 0.1) is 0 Å². The van der Waals surface area contributed by atoms with Gasteiger partial charge in [0.25, 0.3) is 5.95 Å². The molecule has 0 amide bonds. The van der Waals surface area contributed by atoms with Gasteiger partial charge in [-0.2, -0.15) is 24.7 Å². The summed E-state index contributed by atoms with van der Waals surface area (Å²) in [6.07, 6.45) is 7.69. The molecule has 8 heteroatoms. The fourth-order valence-corrected chi connectivity index (χ4v) is 1.36. The zero-order valence-electron chi connectivity index (χ0n) is 11.5. The van der Waals surface area contributed by atoms with Crippen LogP contribution in [0.5, 0.6) is 6.01 Å². The van der Waals surface area contributed by atoms with Gasteiger partial charge in [0, 0.05) is 6.54 Å². The van der Waals surface area contributed by atoms with Crippen LogP contribution in [0.2, 0.25) is 0 Å². The Morgan fingerprint density at radius 1 is 1.35 bits per heavy atom. The van der Waals surface area contributed by atoms with E-state index >= 15 is 0 Å². The molecule has 0 bridgehead atoms. The maximum absolute atomic E-state index is 5.46. The summed E-state index contributed by atoms with van der Waals surface area (Å²) in [6.45, 7) is 5.17. The minimum Gasteiger partial charge on any atom is -0.459 e. The molecule has 1 N–H and O–H groups in total. The van der Waals surface area contributed by atoms with Crippen molar-refractivity contribution in [1.82, 2.24) is 29.7 Å². The lowest BCUT2D eigenvalue weighted by molar-refractivity contribution is 0.331.